The molecule has 3 nitrogen and oxygen atoms in total. The lowest BCUT2D eigenvalue weighted by Crippen LogP contribution is -2.40. The van der Waals surface area contributed by atoms with E-state index in [0.717, 1.165) is 31.9 Å². The Hall–Kier alpha value is -1.35. The lowest BCUT2D eigenvalue weighted by atomic mass is 10.3. The van der Waals surface area contributed by atoms with Gasteiger partial charge in [-0.2, -0.15) is 0 Å². The van der Waals surface area contributed by atoms with Crippen molar-refractivity contribution in [2.45, 2.75) is 0 Å². The first-order valence-corrected chi connectivity index (χ1v) is 4.99. The largest absolute Gasteiger partial charge is 0.375 e. The lowest BCUT2D eigenvalue weighted by Gasteiger charge is -2.25. The van der Waals surface area contributed by atoms with Gasteiger partial charge in [0.25, 0.3) is 0 Å². The average molecular weight is 189 g/mol. The van der Waals surface area contributed by atoms with E-state index < -0.39 is 0 Å². The predicted octanol–water partition coefficient (Wildman–Crippen LogP) is 0.958. The minimum absolute atomic E-state index is 1.02. The number of rotatable bonds is 2. The van der Waals surface area contributed by atoms with Crippen LogP contribution in [0.3, 0.4) is 0 Å². The van der Waals surface area contributed by atoms with Crippen LogP contribution in [0, 0.1) is 0 Å². The maximum Gasteiger partial charge on any atom is 0.0644 e. The number of hydrogen-bond donors (Lipinski definition) is 1. The molecule has 0 aromatic carbocycles. The van der Waals surface area contributed by atoms with E-state index in [-0.39, 0.29) is 0 Å². The van der Waals surface area contributed by atoms with Crippen molar-refractivity contribution in [3.05, 3.63) is 36.3 Å². The highest BCUT2D eigenvalue weighted by Crippen LogP contribution is 1.99. The fourth-order valence-electron chi connectivity index (χ4n) is 1.49. The second-order valence-electron chi connectivity index (χ2n) is 3.36. The molecule has 0 amide bonds. The van der Waals surface area contributed by atoms with Crippen LogP contribution in [0.15, 0.2) is 30.6 Å². The van der Waals surface area contributed by atoms with Gasteiger partial charge < -0.3 is 10.2 Å². The number of aromatic nitrogens is 1. The van der Waals surface area contributed by atoms with Crippen molar-refractivity contribution >= 4 is 6.08 Å². The van der Waals surface area contributed by atoms with Crippen LogP contribution in [0.1, 0.15) is 5.69 Å². The number of nitrogens with one attached hydrogen (secondary N) is 1. The fourth-order valence-corrected chi connectivity index (χ4v) is 1.49. The minimum Gasteiger partial charge on any atom is -0.375 e. The fraction of sp³-hybridized carbons (Fsp3) is 0.364. The van der Waals surface area contributed by atoms with Gasteiger partial charge in [0.05, 0.1) is 5.69 Å². The van der Waals surface area contributed by atoms with Crippen molar-refractivity contribution < 1.29 is 0 Å². The van der Waals surface area contributed by atoms with Gasteiger partial charge >= 0.3 is 0 Å². The van der Waals surface area contributed by atoms with E-state index in [1.165, 1.54) is 0 Å². The van der Waals surface area contributed by atoms with E-state index in [9.17, 15) is 0 Å². The Labute approximate surface area is 84.5 Å². The van der Waals surface area contributed by atoms with Crippen LogP contribution < -0.4 is 5.32 Å². The number of hydrogen-bond acceptors (Lipinski definition) is 3. The molecule has 0 unspecified atom stereocenters. The Morgan fingerprint density at radius 2 is 2.14 bits per heavy atom. The highest BCUT2D eigenvalue weighted by Gasteiger charge is 2.03. The molecule has 14 heavy (non-hydrogen) atoms. The van der Waals surface area contributed by atoms with E-state index >= 15 is 0 Å². The molecule has 2 rings (SSSR count). The van der Waals surface area contributed by atoms with Gasteiger partial charge in [-0.25, -0.2) is 0 Å². The molecule has 0 bridgehead atoms. The van der Waals surface area contributed by atoms with Crippen molar-refractivity contribution in [1.29, 1.82) is 0 Å². The van der Waals surface area contributed by atoms with Crippen LogP contribution in [0.2, 0.25) is 0 Å². The highest BCUT2D eigenvalue weighted by molar-refractivity contribution is 5.43. The Morgan fingerprint density at radius 3 is 2.86 bits per heavy atom. The summed E-state index contributed by atoms with van der Waals surface area (Å²) in [6.07, 6.45) is 6.01. The first-order chi connectivity index (χ1) is 6.95. The number of nitrogens with zero attached hydrogens (tertiary/aromatic N) is 2. The predicted molar refractivity (Wildman–Crippen MR) is 57.7 cm³/mol. The monoisotopic (exact) mass is 189 g/mol. The third-order valence-corrected chi connectivity index (χ3v) is 2.30. The Kier molecular flexibility index (Phi) is 3.14. The first kappa shape index (κ1) is 9.21. The number of piperazine rings is 1. The molecule has 3 heteroatoms. The quantitative estimate of drug-likeness (QED) is 0.751. The molecular formula is C11H15N3. The zero-order chi connectivity index (χ0) is 9.64. The summed E-state index contributed by atoms with van der Waals surface area (Å²) in [7, 11) is 0. The molecule has 2 heterocycles. The molecule has 1 aliphatic rings. The molecule has 1 N–H and O–H groups in total. The molecule has 1 saturated heterocycles. The molecule has 1 aromatic heterocycles. The van der Waals surface area contributed by atoms with Gasteiger partial charge in [0.1, 0.15) is 0 Å². The van der Waals surface area contributed by atoms with Crippen LogP contribution in [0.4, 0.5) is 0 Å². The van der Waals surface area contributed by atoms with E-state index in [1.54, 1.807) is 0 Å². The summed E-state index contributed by atoms with van der Waals surface area (Å²) in [5.41, 5.74) is 1.02. The first-order valence-electron chi connectivity index (χ1n) is 4.99. The van der Waals surface area contributed by atoms with Crippen LogP contribution in [0.5, 0.6) is 0 Å². The van der Waals surface area contributed by atoms with E-state index in [0.29, 0.717) is 0 Å². The molecule has 1 aromatic rings. The second kappa shape index (κ2) is 4.77. The van der Waals surface area contributed by atoms with Crippen molar-refractivity contribution in [1.82, 2.24) is 15.2 Å². The number of pyridine rings is 1. The summed E-state index contributed by atoms with van der Waals surface area (Å²) in [4.78, 5) is 6.54. The maximum atomic E-state index is 4.23. The van der Waals surface area contributed by atoms with E-state index in [4.69, 9.17) is 0 Å². The van der Waals surface area contributed by atoms with Gasteiger partial charge in [-0.05, 0) is 18.2 Å². The average Bonchev–Trinajstić information content (AvgIpc) is 2.29. The molecular weight excluding hydrogens is 174 g/mol. The zero-order valence-electron chi connectivity index (χ0n) is 8.19. The van der Waals surface area contributed by atoms with Crippen molar-refractivity contribution in [3.63, 3.8) is 0 Å². The SMILES string of the molecule is C(=CN1CCNCC1)c1ccccn1. The second-order valence-corrected chi connectivity index (χ2v) is 3.36. The van der Waals surface area contributed by atoms with Crippen molar-refractivity contribution in [3.8, 4) is 0 Å². The third-order valence-electron chi connectivity index (χ3n) is 2.30. The van der Waals surface area contributed by atoms with Crippen LogP contribution in [0.25, 0.3) is 6.08 Å². The summed E-state index contributed by atoms with van der Waals surface area (Å²) in [6.45, 7) is 4.33. The smallest absolute Gasteiger partial charge is 0.0644 e. The van der Waals surface area contributed by atoms with Gasteiger partial charge in [-0.15, -0.1) is 0 Å². The van der Waals surface area contributed by atoms with Gasteiger partial charge in [0.15, 0.2) is 0 Å². The molecule has 0 saturated carbocycles. The van der Waals surface area contributed by atoms with Gasteiger partial charge in [-0.1, -0.05) is 6.07 Å². The molecule has 0 spiro atoms. The molecule has 74 valence electrons. The van der Waals surface area contributed by atoms with Crippen molar-refractivity contribution in [2.24, 2.45) is 0 Å². The minimum atomic E-state index is 1.02. The molecule has 0 atom stereocenters. The van der Waals surface area contributed by atoms with Crippen molar-refractivity contribution in [2.75, 3.05) is 26.2 Å². The summed E-state index contributed by atoms with van der Waals surface area (Å²) in [5.74, 6) is 0. The molecule has 0 radical (unpaired) electrons. The Morgan fingerprint density at radius 1 is 1.29 bits per heavy atom. The summed E-state index contributed by atoms with van der Waals surface area (Å²) in [5, 5.41) is 3.32. The van der Waals surface area contributed by atoms with Gasteiger partial charge in [0.2, 0.25) is 0 Å². The van der Waals surface area contributed by atoms with E-state index in [1.807, 2.05) is 24.4 Å². The van der Waals surface area contributed by atoms with Gasteiger partial charge in [0, 0.05) is 38.6 Å². The van der Waals surface area contributed by atoms with Crippen LogP contribution in [-0.4, -0.2) is 36.1 Å². The summed E-state index contributed by atoms with van der Waals surface area (Å²) < 4.78 is 0. The summed E-state index contributed by atoms with van der Waals surface area (Å²) >= 11 is 0. The maximum absolute atomic E-state index is 4.23. The molecule has 0 aliphatic carbocycles. The zero-order valence-corrected chi connectivity index (χ0v) is 8.19. The normalized spacial score (nSPS) is 17.6. The molecule has 1 fully saturated rings. The van der Waals surface area contributed by atoms with E-state index in [2.05, 4.69) is 27.5 Å². The van der Waals surface area contributed by atoms with Crippen LogP contribution in [-0.2, 0) is 0 Å². The summed E-state index contributed by atoms with van der Waals surface area (Å²) in [6, 6.07) is 5.95. The van der Waals surface area contributed by atoms with Crippen LogP contribution >= 0.6 is 0 Å². The highest BCUT2D eigenvalue weighted by atomic mass is 15.2. The molecule has 1 aliphatic heterocycles. The topological polar surface area (TPSA) is 28.2 Å². The third kappa shape index (κ3) is 2.57. The van der Waals surface area contributed by atoms with Gasteiger partial charge in [-0.3, -0.25) is 4.98 Å². The Bertz CT molecular complexity index is 289. The standard InChI is InChI=1S/C11H15N3/c1-2-5-13-11(3-1)4-8-14-9-6-12-7-10-14/h1-5,8,12H,6-7,9-10H2. The Balaban J connectivity index is 1.93. The lowest BCUT2D eigenvalue weighted by molar-refractivity contribution is 0.326.